The molecule has 0 saturated heterocycles. The van der Waals surface area contributed by atoms with Crippen LogP contribution in [0.25, 0.3) is 0 Å². The minimum atomic E-state index is -0.0869. The van der Waals surface area contributed by atoms with Crippen molar-refractivity contribution in [2.75, 3.05) is 26.6 Å². The van der Waals surface area contributed by atoms with Gasteiger partial charge in [0.1, 0.15) is 17.2 Å². The quantitative estimate of drug-likeness (QED) is 0.641. The van der Waals surface area contributed by atoms with Gasteiger partial charge in [0.05, 0.1) is 27.0 Å². The zero-order valence-electron chi connectivity index (χ0n) is 17.2. The smallest absolute Gasteiger partial charge is 0.226 e. The second-order valence-corrected chi connectivity index (χ2v) is 6.62. The number of hydrogen-bond acceptors (Lipinski definition) is 5. The van der Waals surface area contributed by atoms with Gasteiger partial charge >= 0.3 is 0 Å². The van der Waals surface area contributed by atoms with Crippen LogP contribution < -0.4 is 24.8 Å². The Labute approximate surface area is 167 Å². The Bertz CT molecular complexity index is 762. The minimum absolute atomic E-state index is 0.00338. The molecule has 0 saturated carbocycles. The molecule has 0 spiro atoms. The Hall–Kier alpha value is -2.73. The maximum atomic E-state index is 12.5. The van der Waals surface area contributed by atoms with Gasteiger partial charge in [-0.1, -0.05) is 19.1 Å². The summed E-state index contributed by atoms with van der Waals surface area (Å²) in [6.45, 7) is 4.13. The molecular formula is C22H30N2O4. The number of carbonyl (C=O) groups is 1. The van der Waals surface area contributed by atoms with Gasteiger partial charge in [-0.3, -0.25) is 4.79 Å². The van der Waals surface area contributed by atoms with Gasteiger partial charge in [0.15, 0.2) is 0 Å². The van der Waals surface area contributed by atoms with Crippen LogP contribution in [-0.2, 0) is 4.79 Å². The Morgan fingerprint density at radius 3 is 2.18 bits per heavy atom. The van der Waals surface area contributed by atoms with E-state index in [4.69, 9.17) is 14.2 Å². The fourth-order valence-corrected chi connectivity index (χ4v) is 3.08. The van der Waals surface area contributed by atoms with Crippen LogP contribution in [0.5, 0.6) is 17.2 Å². The van der Waals surface area contributed by atoms with Gasteiger partial charge in [-0.2, -0.15) is 0 Å². The van der Waals surface area contributed by atoms with Crippen molar-refractivity contribution >= 4 is 11.6 Å². The van der Waals surface area contributed by atoms with Crippen molar-refractivity contribution < 1.29 is 19.0 Å². The highest BCUT2D eigenvalue weighted by Gasteiger charge is 2.16. The highest BCUT2D eigenvalue weighted by molar-refractivity contribution is 5.92. The standard InChI is InChI=1S/C22H30N2O4/c1-6-19(16-7-9-17(26-3)10-8-16)23-15(2)13-22(25)24-20-14-18(27-4)11-12-21(20)28-5/h7-12,14-15,19,23H,6,13H2,1-5H3,(H,24,25). The lowest BCUT2D eigenvalue weighted by molar-refractivity contribution is -0.116. The molecule has 2 atom stereocenters. The number of ether oxygens (including phenoxy) is 3. The van der Waals surface area contributed by atoms with E-state index in [1.54, 1.807) is 39.5 Å². The molecule has 152 valence electrons. The molecule has 0 aliphatic rings. The fourth-order valence-electron chi connectivity index (χ4n) is 3.08. The molecule has 28 heavy (non-hydrogen) atoms. The van der Waals surface area contributed by atoms with Crippen molar-refractivity contribution in [2.24, 2.45) is 0 Å². The van der Waals surface area contributed by atoms with E-state index in [2.05, 4.69) is 17.6 Å². The Balaban J connectivity index is 1.97. The second-order valence-electron chi connectivity index (χ2n) is 6.62. The van der Waals surface area contributed by atoms with Crippen LogP contribution in [0.15, 0.2) is 42.5 Å². The van der Waals surface area contributed by atoms with E-state index in [-0.39, 0.29) is 18.0 Å². The molecule has 0 fully saturated rings. The van der Waals surface area contributed by atoms with E-state index < -0.39 is 0 Å². The lowest BCUT2D eigenvalue weighted by Crippen LogP contribution is -2.33. The molecule has 0 aromatic heterocycles. The van der Waals surface area contributed by atoms with Gasteiger partial charge in [0, 0.05) is 24.6 Å². The summed E-state index contributed by atoms with van der Waals surface area (Å²) in [5, 5.41) is 6.44. The first-order chi connectivity index (χ1) is 13.5. The molecule has 6 nitrogen and oxygen atoms in total. The van der Waals surface area contributed by atoms with E-state index >= 15 is 0 Å². The number of amides is 1. The molecule has 2 unspecified atom stereocenters. The number of anilines is 1. The molecule has 0 aliphatic carbocycles. The maximum Gasteiger partial charge on any atom is 0.226 e. The van der Waals surface area contributed by atoms with Crippen molar-refractivity contribution in [1.29, 1.82) is 0 Å². The maximum absolute atomic E-state index is 12.5. The van der Waals surface area contributed by atoms with Crippen molar-refractivity contribution in [2.45, 2.75) is 38.8 Å². The molecule has 2 rings (SSSR count). The van der Waals surface area contributed by atoms with Gasteiger partial charge in [-0.25, -0.2) is 0 Å². The van der Waals surface area contributed by atoms with Crippen LogP contribution >= 0.6 is 0 Å². The van der Waals surface area contributed by atoms with Crippen LogP contribution in [-0.4, -0.2) is 33.3 Å². The van der Waals surface area contributed by atoms with E-state index in [1.165, 1.54) is 5.56 Å². The van der Waals surface area contributed by atoms with Gasteiger partial charge < -0.3 is 24.8 Å². The average Bonchev–Trinajstić information content (AvgIpc) is 2.71. The zero-order valence-corrected chi connectivity index (χ0v) is 17.2. The van der Waals surface area contributed by atoms with E-state index in [1.807, 2.05) is 31.2 Å². The van der Waals surface area contributed by atoms with Crippen molar-refractivity contribution in [1.82, 2.24) is 5.32 Å². The summed E-state index contributed by atoms with van der Waals surface area (Å²) in [6.07, 6.45) is 1.26. The molecule has 6 heteroatoms. The van der Waals surface area contributed by atoms with E-state index in [0.717, 1.165) is 12.2 Å². The summed E-state index contributed by atoms with van der Waals surface area (Å²) in [7, 11) is 4.81. The first-order valence-corrected chi connectivity index (χ1v) is 9.42. The lowest BCUT2D eigenvalue weighted by atomic mass is 10.0. The third-order valence-corrected chi connectivity index (χ3v) is 4.58. The summed E-state index contributed by atoms with van der Waals surface area (Å²) >= 11 is 0. The number of rotatable bonds is 10. The highest BCUT2D eigenvalue weighted by atomic mass is 16.5. The normalized spacial score (nSPS) is 12.8. The average molecular weight is 386 g/mol. The van der Waals surface area contributed by atoms with Crippen LogP contribution in [0.3, 0.4) is 0 Å². The summed E-state index contributed by atoms with van der Waals surface area (Å²) in [6, 6.07) is 13.5. The van der Waals surface area contributed by atoms with Crippen LogP contribution in [0, 0.1) is 0 Å². The Morgan fingerprint density at radius 1 is 0.964 bits per heavy atom. The monoisotopic (exact) mass is 386 g/mol. The van der Waals surface area contributed by atoms with Gasteiger partial charge in [0.25, 0.3) is 0 Å². The number of hydrogen-bond donors (Lipinski definition) is 2. The molecule has 1 amide bonds. The number of benzene rings is 2. The molecule has 0 bridgehead atoms. The minimum Gasteiger partial charge on any atom is -0.497 e. The van der Waals surface area contributed by atoms with Crippen molar-refractivity contribution in [3.63, 3.8) is 0 Å². The molecule has 0 heterocycles. The second kappa shape index (κ2) is 10.6. The van der Waals surface area contributed by atoms with E-state index in [0.29, 0.717) is 23.6 Å². The third-order valence-electron chi connectivity index (χ3n) is 4.58. The fraction of sp³-hybridized carbons (Fsp3) is 0.409. The summed E-state index contributed by atoms with van der Waals surface area (Å²) in [5.41, 5.74) is 1.77. The number of carbonyl (C=O) groups excluding carboxylic acids is 1. The zero-order chi connectivity index (χ0) is 20.5. The molecule has 0 radical (unpaired) electrons. The molecule has 2 aromatic rings. The third kappa shape index (κ3) is 5.89. The Morgan fingerprint density at radius 2 is 1.61 bits per heavy atom. The number of methoxy groups -OCH3 is 3. The largest absolute Gasteiger partial charge is 0.497 e. The topological polar surface area (TPSA) is 68.8 Å². The first kappa shape index (κ1) is 21.6. The first-order valence-electron chi connectivity index (χ1n) is 9.42. The number of nitrogens with one attached hydrogen (secondary N) is 2. The van der Waals surface area contributed by atoms with Crippen LogP contribution in [0.2, 0.25) is 0 Å². The molecule has 2 aromatic carbocycles. The summed E-state index contributed by atoms with van der Waals surface area (Å²) < 4.78 is 15.8. The summed E-state index contributed by atoms with van der Waals surface area (Å²) in [5.74, 6) is 2.00. The predicted octanol–water partition coefficient (Wildman–Crippen LogP) is 4.17. The Kier molecular flexibility index (Phi) is 8.14. The van der Waals surface area contributed by atoms with E-state index in [9.17, 15) is 4.79 Å². The van der Waals surface area contributed by atoms with Gasteiger partial charge in [-0.15, -0.1) is 0 Å². The van der Waals surface area contributed by atoms with Crippen molar-refractivity contribution in [3.8, 4) is 17.2 Å². The van der Waals surface area contributed by atoms with Crippen LogP contribution in [0.1, 0.15) is 38.3 Å². The molecule has 2 N–H and O–H groups in total. The lowest BCUT2D eigenvalue weighted by Gasteiger charge is -2.23. The van der Waals surface area contributed by atoms with Gasteiger partial charge in [0.2, 0.25) is 5.91 Å². The molecular weight excluding hydrogens is 356 g/mol. The highest BCUT2D eigenvalue weighted by Crippen LogP contribution is 2.29. The van der Waals surface area contributed by atoms with Crippen molar-refractivity contribution in [3.05, 3.63) is 48.0 Å². The summed E-state index contributed by atoms with van der Waals surface area (Å²) in [4.78, 5) is 12.5. The molecule has 0 aliphatic heterocycles. The predicted molar refractivity (Wildman–Crippen MR) is 111 cm³/mol. The van der Waals surface area contributed by atoms with Crippen LogP contribution in [0.4, 0.5) is 5.69 Å². The van der Waals surface area contributed by atoms with Gasteiger partial charge in [-0.05, 0) is 43.2 Å². The SMILES string of the molecule is CCC(NC(C)CC(=O)Nc1cc(OC)ccc1OC)c1ccc(OC)cc1.